The van der Waals surface area contributed by atoms with E-state index in [9.17, 15) is 0 Å². The maximum absolute atomic E-state index is 6.84. The van der Waals surface area contributed by atoms with Gasteiger partial charge in [0.25, 0.3) is 0 Å². The smallest absolute Gasteiger partial charge is 0.0409 e. The topological polar surface area (TPSA) is 52.0 Å². The molecule has 2 aromatic carbocycles. The molecule has 0 aromatic heterocycles. The van der Waals surface area contributed by atoms with Gasteiger partial charge in [0.15, 0.2) is 0 Å². The van der Waals surface area contributed by atoms with Gasteiger partial charge in [-0.3, -0.25) is 0 Å². The van der Waals surface area contributed by atoms with Crippen LogP contribution in [0, 0.1) is 5.92 Å². The van der Waals surface area contributed by atoms with Crippen LogP contribution in [0.4, 0.5) is 5.69 Å². The monoisotopic (exact) mass is 378 g/mol. The second-order valence-corrected chi connectivity index (χ2v) is 8.87. The third-order valence-electron chi connectivity index (χ3n) is 6.69. The first-order chi connectivity index (χ1) is 13.6. The van der Waals surface area contributed by atoms with E-state index in [1.165, 1.54) is 68.1 Å². The van der Waals surface area contributed by atoms with E-state index in [1.807, 2.05) is 12.1 Å². The Morgan fingerprint density at radius 1 is 0.893 bits per heavy atom. The Labute approximate surface area is 171 Å². The summed E-state index contributed by atoms with van der Waals surface area (Å²) in [6, 6.07) is 17.1. The molecule has 0 amide bonds. The molecule has 2 heteroatoms. The number of nitrogen functional groups attached to an aromatic ring is 1. The van der Waals surface area contributed by atoms with Crippen molar-refractivity contribution in [2.75, 3.05) is 5.73 Å². The molecule has 0 bridgehead atoms. The fourth-order valence-electron chi connectivity index (χ4n) is 4.68. The Bertz CT molecular complexity index is 711. The summed E-state index contributed by atoms with van der Waals surface area (Å²) >= 11 is 0. The maximum atomic E-state index is 6.84. The van der Waals surface area contributed by atoms with E-state index in [1.54, 1.807) is 0 Å². The minimum atomic E-state index is -0.136. The molecule has 1 fully saturated rings. The zero-order valence-corrected chi connectivity index (χ0v) is 17.6. The molecule has 1 aliphatic rings. The highest BCUT2D eigenvalue weighted by atomic mass is 14.7. The second kappa shape index (κ2) is 10.1. The first kappa shape index (κ1) is 20.9. The minimum Gasteiger partial charge on any atom is -0.398 e. The van der Waals surface area contributed by atoms with Gasteiger partial charge in [0.05, 0.1) is 0 Å². The van der Waals surface area contributed by atoms with Crippen molar-refractivity contribution in [2.24, 2.45) is 11.7 Å². The fourth-order valence-corrected chi connectivity index (χ4v) is 4.68. The molecule has 1 saturated carbocycles. The summed E-state index contributed by atoms with van der Waals surface area (Å²) in [6.07, 6.45) is 14.0. The Kier molecular flexibility index (Phi) is 7.56. The normalized spacial score (nSPS) is 22.3. The van der Waals surface area contributed by atoms with Crippen molar-refractivity contribution >= 4 is 5.69 Å². The molecule has 0 radical (unpaired) electrons. The van der Waals surface area contributed by atoms with Crippen LogP contribution >= 0.6 is 0 Å². The third kappa shape index (κ3) is 5.61. The second-order valence-electron chi connectivity index (χ2n) is 8.87. The van der Waals surface area contributed by atoms with Crippen molar-refractivity contribution in [3.63, 3.8) is 0 Å². The molecule has 0 spiro atoms. The molecule has 0 saturated heterocycles. The number of para-hydroxylation sites is 1. The van der Waals surface area contributed by atoms with Gasteiger partial charge in [-0.15, -0.1) is 0 Å². The Morgan fingerprint density at radius 2 is 1.57 bits per heavy atom. The Morgan fingerprint density at radius 3 is 2.25 bits per heavy atom. The predicted molar refractivity (Wildman–Crippen MR) is 121 cm³/mol. The quantitative estimate of drug-likeness (QED) is 0.383. The van der Waals surface area contributed by atoms with Crippen molar-refractivity contribution in [3.05, 3.63) is 65.2 Å². The molecule has 28 heavy (non-hydrogen) atoms. The highest BCUT2D eigenvalue weighted by Gasteiger charge is 2.32. The van der Waals surface area contributed by atoms with Gasteiger partial charge in [-0.25, -0.2) is 0 Å². The molecule has 3 rings (SSSR count). The molecule has 2 nitrogen and oxygen atoms in total. The molecule has 0 aliphatic heterocycles. The Hall–Kier alpha value is -1.80. The van der Waals surface area contributed by atoms with Crippen LogP contribution in [-0.2, 0) is 12.0 Å². The zero-order chi connectivity index (χ0) is 19.8. The SMILES string of the molecule is CCCCCCCC1CCC(N)(c2ccc(Cc3ccccc3N)cc2)CC1. The van der Waals surface area contributed by atoms with Crippen LogP contribution < -0.4 is 11.5 Å². The lowest BCUT2D eigenvalue weighted by atomic mass is 9.72. The van der Waals surface area contributed by atoms with Crippen LogP contribution in [0.3, 0.4) is 0 Å². The van der Waals surface area contributed by atoms with Gasteiger partial charge in [-0.05, 0) is 60.8 Å². The number of anilines is 1. The van der Waals surface area contributed by atoms with Gasteiger partial charge in [0, 0.05) is 11.2 Å². The van der Waals surface area contributed by atoms with Crippen molar-refractivity contribution in [2.45, 2.75) is 83.1 Å². The van der Waals surface area contributed by atoms with Crippen molar-refractivity contribution in [1.82, 2.24) is 0 Å². The van der Waals surface area contributed by atoms with Crippen LogP contribution in [-0.4, -0.2) is 0 Å². The van der Waals surface area contributed by atoms with Gasteiger partial charge < -0.3 is 11.5 Å². The summed E-state index contributed by atoms with van der Waals surface area (Å²) in [4.78, 5) is 0. The molecular weight excluding hydrogens is 340 g/mol. The predicted octanol–water partition coefficient (Wildman–Crippen LogP) is 6.56. The minimum absolute atomic E-state index is 0.136. The van der Waals surface area contributed by atoms with E-state index in [2.05, 4.69) is 43.3 Å². The number of nitrogens with two attached hydrogens (primary N) is 2. The molecule has 2 aromatic rings. The van der Waals surface area contributed by atoms with Crippen LogP contribution in [0.5, 0.6) is 0 Å². The number of unbranched alkanes of at least 4 members (excludes halogenated alkanes) is 4. The molecular formula is C26H38N2. The summed E-state index contributed by atoms with van der Waals surface area (Å²) in [6.45, 7) is 2.28. The van der Waals surface area contributed by atoms with Crippen LogP contribution in [0.2, 0.25) is 0 Å². The molecule has 4 N–H and O–H groups in total. The van der Waals surface area contributed by atoms with Crippen LogP contribution in [0.1, 0.15) is 87.8 Å². The first-order valence-electron chi connectivity index (χ1n) is 11.3. The third-order valence-corrected chi connectivity index (χ3v) is 6.69. The highest BCUT2D eigenvalue weighted by Crippen LogP contribution is 2.39. The van der Waals surface area contributed by atoms with E-state index in [0.717, 1.165) is 30.9 Å². The van der Waals surface area contributed by atoms with E-state index in [-0.39, 0.29) is 5.54 Å². The summed E-state index contributed by atoms with van der Waals surface area (Å²) in [5.74, 6) is 0.888. The summed E-state index contributed by atoms with van der Waals surface area (Å²) in [5, 5.41) is 0. The van der Waals surface area contributed by atoms with Crippen LogP contribution in [0.25, 0.3) is 0 Å². The number of benzene rings is 2. The van der Waals surface area contributed by atoms with Crippen molar-refractivity contribution < 1.29 is 0 Å². The summed E-state index contributed by atoms with van der Waals surface area (Å²) in [5.41, 5.74) is 17.5. The van der Waals surface area contributed by atoms with Crippen LogP contribution in [0.15, 0.2) is 48.5 Å². The standard InChI is InChI=1S/C26H38N2/c1-2-3-4-5-6-9-21-16-18-26(28,19-17-21)24-14-12-22(13-15-24)20-23-10-7-8-11-25(23)27/h7-8,10-15,21H,2-6,9,16-20,27-28H2,1H3. The average molecular weight is 379 g/mol. The van der Waals surface area contributed by atoms with Crippen molar-refractivity contribution in [1.29, 1.82) is 0 Å². The number of hydrogen-bond donors (Lipinski definition) is 2. The molecule has 1 aliphatic carbocycles. The lowest BCUT2D eigenvalue weighted by molar-refractivity contribution is 0.223. The molecule has 0 heterocycles. The maximum Gasteiger partial charge on any atom is 0.0409 e. The lowest BCUT2D eigenvalue weighted by Gasteiger charge is -2.38. The van der Waals surface area contributed by atoms with E-state index < -0.39 is 0 Å². The number of hydrogen-bond acceptors (Lipinski definition) is 2. The van der Waals surface area contributed by atoms with Gasteiger partial charge in [-0.2, -0.15) is 0 Å². The highest BCUT2D eigenvalue weighted by molar-refractivity contribution is 5.48. The molecule has 152 valence electrons. The largest absolute Gasteiger partial charge is 0.398 e. The number of rotatable bonds is 9. The molecule has 0 unspecified atom stereocenters. The van der Waals surface area contributed by atoms with E-state index in [4.69, 9.17) is 11.5 Å². The lowest BCUT2D eigenvalue weighted by Crippen LogP contribution is -2.40. The fraction of sp³-hybridized carbons (Fsp3) is 0.538. The summed E-state index contributed by atoms with van der Waals surface area (Å²) < 4.78 is 0. The van der Waals surface area contributed by atoms with E-state index >= 15 is 0 Å². The van der Waals surface area contributed by atoms with Gasteiger partial charge in [-0.1, -0.05) is 87.9 Å². The zero-order valence-electron chi connectivity index (χ0n) is 17.6. The van der Waals surface area contributed by atoms with E-state index in [0.29, 0.717) is 0 Å². The van der Waals surface area contributed by atoms with Crippen molar-refractivity contribution in [3.8, 4) is 0 Å². The summed E-state index contributed by atoms with van der Waals surface area (Å²) in [7, 11) is 0. The van der Waals surface area contributed by atoms with Gasteiger partial charge >= 0.3 is 0 Å². The van der Waals surface area contributed by atoms with Gasteiger partial charge in [0.1, 0.15) is 0 Å². The van der Waals surface area contributed by atoms with Gasteiger partial charge in [0.2, 0.25) is 0 Å². The average Bonchev–Trinajstić information content (AvgIpc) is 2.71. The molecule has 0 atom stereocenters. The first-order valence-corrected chi connectivity index (χ1v) is 11.3. The Balaban J connectivity index is 1.50.